The maximum absolute atomic E-state index is 12.1. The molecular formula is C12H14BrClN2O. The van der Waals surface area contributed by atoms with Crippen LogP contribution in [0.5, 0.6) is 0 Å². The van der Waals surface area contributed by atoms with Crippen LogP contribution in [0.25, 0.3) is 0 Å². The van der Waals surface area contributed by atoms with Crippen molar-refractivity contribution in [3.8, 4) is 0 Å². The van der Waals surface area contributed by atoms with E-state index in [-0.39, 0.29) is 11.8 Å². The van der Waals surface area contributed by atoms with Crippen LogP contribution in [0, 0.1) is 11.8 Å². The van der Waals surface area contributed by atoms with Gasteiger partial charge >= 0.3 is 0 Å². The lowest BCUT2D eigenvalue weighted by Crippen LogP contribution is -2.27. The minimum absolute atomic E-state index is 0.0286. The molecule has 0 bridgehead atoms. The Morgan fingerprint density at radius 1 is 1.53 bits per heavy atom. The van der Waals surface area contributed by atoms with Gasteiger partial charge in [0.05, 0.1) is 21.1 Å². The lowest BCUT2D eigenvalue weighted by atomic mass is 9.97. The first-order valence-electron chi connectivity index (χ1n) is 5.55. The molecule has 1 fully saturated rings. The van der Waals surface area contributed by atoms with E-state index in [1.165, 1.54) is 0 Å². The van der Waals surface area contributed by atoms with Crippen molar-refractivity contribution < 1.29 is 4.79 Å². The Morgan fingerprint density at radius 2 is 2.29 bits per heavy atom. The van der Waals surface area contributed by atoms with E-state index in [1.807, 2.05) is 12.1 Å². The van der Waals surface area contributed by atoms with Crippen molar-refractivity contribution in [3.05, 3.63) is 27.7 Å². The summed E-state index contributed by atoms with van der Waals surface area (Å²) in [6, 6.07) is 5.43. The first-order chi connectivity index (χ1) is 8.09. The van der Waals surface area contributed by atoms with Gasteiger partial charge in [0.15, 0.2) is 0 Å². The quantitative estimate of drug-likeness (QED) is 0.880. The molecule has 0 spiro atoms. The molecular weight excluding hydrogens is 304 g/mol. The normalized spacial score (nSPS) is 23.7. The monoisotopic (exact) mass is 316 g/mol. The third-order valence-electron chi connectivity index (χ3n) is 3.06. The highest BCUT2D eigenvalue weighted by Gasteiger charge is 2.29. The Labute approximate surface area is 114 Å². The van der Waals surface area contributed by atoms with Gasteiger partial charge in [-0.1, -0.05) is 24.6 Å². The molecule has 0 aliphatic carbocycles. The summed E-state index contributed by atoms with van der Waals surface area (Å²) in [5.41, 5.74) is 0.724. The average molecular weight is 318 g/mol. The summed E-state index contributed by atoms with van der Waals surface area (Å²) < 4.78 is 0.730. The number of amides is 1. The number of halogens is 2. The van der Waals surface area contributed by atoms with Crippen LogP contribution in [0.4, 0.5) is 5.69 Å². The standard InChI is InChI=1S/C12H14BrClN2O/c1-7-5-15-6-8(7)12(17)16-10-4-2-3-9(14)11(10)13/h2-4,7-8,15H,5-6H2,1H3,(H,16,17)/t7-,8-/m1/s1. The maximum atomic E-state index is 12.1. The molecule has 1 amide bonds. The van der Waals surface area contributed by atoms with Crippen molar-refractivity contribution in [2.24, 2.45) is 11.8 Å². The van der Waals surface area contributed by atoms with Gasteiger partial charge in [-0.3, -0.25) is 4.79 Å². The number of benzene rings is 1. The molecule has 5 heteroatoms. The average Bonchev–Trinajstić information content (AvgIpc) is 2.71. The third kappa shape index (κ3) is 2.81. The topological polar surface area (TPSA) is 41.1 Å². The Bertz CT molecular complexity index is 439. The van der Waals surface area contributed by atoms with Gasteiger partial charge in [0.2, 0.25) is 5.91 Å². The third-order valence-corrected chi connectivity index (χ3v) is 4.46. The molecule has 1 saturated heterocycles. The number of hydrogen-bond acceptors (Lipinski definition) is 2. The van der Waals surface area contributed by atoms with Gasteiger partial charge in [-0.25, -0.2) is 0 Å². The van der Waals surface area contributed by atoms with E-state index in [9.17, 15) is 4.79 Å². The van der Waals surface area contributed by atoms with Crippen molar-refractivity contribution in [1.82, 2.24) is 5.32 Å². The zero-order valence-electron chi connectivity index (χ0n) is 9.47. The molecule has 2 rings (SSSR count). The van der Waals surface area contributed by atoms with Crippen LogP contribution < -0.4 is 10.6 Å². The number of carbonyl (C=O) groups is 1. The Hall–Kier alpha value is -0.580. The van der Waals surface area contributed by atoms with Crippen LogP contribution in [0.15, 0.2) is 22.7 Å². The Balaban J connectivity index is 2.10. The minimum atomic E-state index is 0.0286. The van der Waals surface area contributed by atoms with Gasteiger partial charge < -0.3 is 10.6 Å². The lowest BCUT2D eigenvalue weighted by molar-refractivity contribution is -0.120. The van der Waals surface area contributed by atoms with Gasteiger partial charge in [0, 0.05) is 6.54 Å². The summed E-state index contributed by atoms with van der Waals surface area (Å²) in [7, 11) is 0. The SMILES string of the molecule is C[C@@H]1CNC[C@H]1C(=O)Nc1cccc(Cl)c1Br. The van der Waals surface area contributed by atoms with E-state index in [4.69, 9.17) is 11.6 Å². The van der Waals surface area contributed by atoms with E-state index in [1.54, 1.807) is 6.07 Å². The van der Waals surface area contributed by atoms with Crippen LogP contribution in [-0.4, -0.2) is 19.0 Å². The van der Waals surface area contributed by atoms with E-state index in [0.717, 1.165) is 23.2 Å². The van der Waals surface area contributed by atoms with Crippen molar-refractivity contribution >= 4 is 39.1 Å². The van der Waals surface area contributed by atoms with Gasteiger partial charge in [-0.2, -0.15) is 0 Å². The predicted octanol–water partition coefficient (Wildman–Crippen LogP) is 2.90. The number of carbonyl (C=O) groups excluding carboxylic acids is 1. The Kier molecular flexibility index (Phi) is 4.07. The summed E-state index contributed by atoms with van der Waals surface area (Å²) in [6.07, 6.45) is 0. The fourth-order valence-electron chi connectivity index (χ4n) is 1.99. The second kappa shape index (κ2) is 5.38. The minimum Gasteiger partial charge on any atom is -0.325 e. The molecule has 0 aromatic heterocycles. The highest BCUT2D eigenvalue weighted by atomic mass is 79.9. The smallest absolute Gasteiger partial charge is 0.229 e. The fraction of sp³-hybridized carbons (Fsp3) is 0.417. The summed E-state index contributed by atoms with van der Waals surface area (Å²) in [6.45, 7) is 3.72. The van der Waals surface area contributed by atoms with Gasteiger partial charge in [-0.05, 0) is 40.5 Å². The van der Waals surface area contributed by atoms with Crippen LogP contribution in [-0.2, 0) is 4.79 Å². The van der Waals surface area contributed by atoms with Crippen LogP contribution in [0.1, 0.15) is 6.92 Å². The molecule has 1 heterocycles. The van der Waals surface area contributed by atoms with Crippen LogP contribution in [0.2, 0.25) is 5.02 Å². The van der Waals surface area contributed by atoms with Crippen LogP contribution in [0.3, 0.4) is 0 Å². The predicted molar refractivity (Wildman–Crippen MR) is 73.3 cm³/mol. The lowest BCUT2D eigenvalue weighted by Gasteiger charge is -2.15. The second-order valence-electron chi connectivity index (χ2n) is 4.33. The maximum Gasteiger partial charge on any atom is 0.229 e. The molecule has 2 atom stereocenters. The molecule has 0 unspecified atom stereocenters. The molecule has 92 valence electrons. The molecule has 2 N–H and O–H groups in total. The van der Waals surface area contributed by atoms with Crippen molar-refractivity contribution in [2.75, 3.05) is 18.4 Å². The molecule has 1 aliphatic heterocycles. The number of nitrogens with one attached hydrogen (secondary N) is 2. The van der Waals surface area contributed by atoms with E-state index in [2.05, 4.69) is 33.5 Å². The Morgan fingerprint density at radius 3 is 2.94 bits per heavy atom. The molecule has 1 aromatic rings. The zero-order valence-corrected chi connectivity index (χ0v) is 11.8. The summed E-state index contributed by atoms with van der Waals surface area (Å²) in [4.78, 5) is 12.1. The largest absolute Gasteiger partial charge is 0.325 e. The molecule has 1 aromatic carbocycles. The van der Waals surface area contributed by atoms with Crippen molar-refractivity contribution in [3.63, 3.8) is 0 Å². The molecule has 17 heavy (non-hydrogen) atoms. The first kappa shape index (κ1) is 12.9. The molecule has 0 saturated carbocycles. The highest BCUT2D eigenvalue weighted by Crippen LogP contribution is 2.30. The van der Waals surface area contributed by atoms with E-state index >= 15 is 0 Å². The second-order valence-corrected chi connectivity index (χ2v) is 5.53. The molecule has 0 radical (unpaired) electrons. The summed E-state index contributed by atoms with van der Waals surface area (Å²) in [5, 5.41) is 6.73. The number of anilines is 1. The number of rotatable bonds is 2. The van der Waals surface area contributed by atoms with Crippen molar-refractivity contribution in [2.45, 2.75) is 6.92 Å². The van der Waals surface area contributed by atoms with Crippen LogP contribution >= 0.6 is 27.5 Å². The fourth-order valence-corrected chi connectivity index (χ4v) is 2.52. The van der Waals surface area contributed by atoms with Crippen molar-refractivity contribution in [1.29, 1.82) is 0 Å². The highest BCUT2D eigenvalue weighted by molar-refractivity contribution is 9.10. The molecule has 3 nitrogen and oxygen atoms in total. The molecule has 1 aliphatic rings. The van der Waals surface area contributed by atoms with Gasteiger partial charge in [-0.15, -0.1) is 0 Å². The number of hydrogen-bond donors (Lipinski definition) is 2. The summed E-state index contributed by atoms with van der Waals surface area (Å²) in [5.74, 6) is 0.444. The zero-order chi connectivity index (χ0) is 12.4. The van der Waals surface area contributed by atoms with Gasteiger partial charge in [0.25, 0.3) is 0 Å². The van der Waals surface area contributed by atoms with E-state index in [0.29, 0.717) is 10.9 Å². The van der Waals surface area contributed by atoms with Gasteiger partial charge in [0.1, 0.15) is 0 Å². The first-order valence-corrected chi connectivity index (χ1v) is 6.72. The van der Waals surface area contributed by atoms with E-state index < -0.39 is 0 Å². The summed E-state index contributed by atoms with van der Waals surface area (Å²) >= 11 is 9.35.